The molecule has 1 aromatic heterocycles. The van der Waals surface area contributed by atoms with E-state index < -0.39 is 28.8 Å². The minimum absolute atomic E-state index is 0.0912. The molecule has 1 aliphatic rings. The first-order valence-electron chi connectivity index (χ1n) is 7.42. The SMILES string of the molecule is O=C(NC1(C(=O)O)CCSC1)c1ccc(=O)n(-c2ccccc2F)n1. The predicted octanol–water partition coefficient (Wildman–Crippen LogP) is 1.06. The molecular weight excluding hydrogens is 349 g/mol. The van der Waals surface area contributed by atoms with Crippen molar-refractivity contribution < 1.29 is 19.1 Å². The summed E-state index contributed by atoms with van der Waals surface area (Å²) in [5.41, 5.74) is -2.22. The van der Waals surface area contributed by atoms with Gasteiger partial charge in [0.1, 0.15) is 22.7 Å². The molecule has 3 rings (SSSR count). The highest BCUT2D eigenvalue weighted by atomic mass is 32.2. The number of halogens is 1. The second-order valence-electron chi connectivity index (χ2n) is 5.56. The average Bonchev–Trinajstić information content (AvgIpc) is 3.06. The number of hydrogen-bond acceptors (Lipinski definition) is 5. The van der Waals surface area contributed by atoms with Crippen molar-refractivity contribution in [2.24, 2.45) is 0 Å². The molecule has 25 heavy (non-hydrogen) atoms. The summed E-state index contributed by atoms with van der Waals surface area (Å²) in [4.78, 5) is 35.9. The highest BCUT2D eigenvalue weighted by molar-refractivity contribution is 7.99. The third kappa shape index (κ3) is 3.27. The Morgan fingerprint density at radius 2 is 2.04 bits per heavy atom. The molecule has 2 aromatic rings. The molecule has 1 amide bonds. The lowest BCUT2D eigenvalue weighted by Crippen LogP contribution is -2.55. The van der Waals surface area contributed by atoms with Crippen LogP contribution in [-0.2, 0) is 4.79 Å². The van der Waals surface area contributed by atoms with Crippen LogP contribution in [0.4, 0.5) is 4.39 Å². The summed E-state index contributed by atoms with van der Waals surface area (Å²) >= 11 is 1.43. The number of nitrogens with zero attached hydrogens (tertiary/aromatic N) is 2. The van der Waals surface area contributed by atoms with E-state index in [1.807, 2.05) is 0 Å². The Morgan fingerprint density at radius 3 is 2.68 bits per heavy atom. The number of carboxylic acids is 1. The number of carboxylic acid groups (broad SMARTS) is 1. The molecule has 130 valence electrons. The topological polar surface area (TPSA) is 101 Å². The summed E-state index contributed by atoms with van der Waals surface area (Å²) in [5.74, 6) is -1.64. The van der Waals surface area contributed by atoms with E-state index in [2.05, 4.69) is 10.4 Å². The predicted molar refractivity (Wildman–Crippen MR) is 89.6 cm³/mol. The number of benzene rings is 1. The van der Waals surface area contributed by atoms with Crippen LogP contribution in [0.5, 0.6) is 0 Å². The van der Waals surface area contributed by atoms with Crippen LogP contribution in [0, 0.1) is 5.82 Å². The van der Waals surface area contributed by atoms with Gasteiger partial charge in [-0.25, -0.2) is 9.18 Å². The minimum atomic E-state index is -1.36. The van der Waals surface area contributed by atoms with Gasteiger partial charge < -0.3 is 10.4 Å². The number of hydrogen-bond donors (Lipinski definition) is 2. The van der Waals surface area contributed by atoms with Crippen molar-refractivity contribution in [3.05, 3.63) is 58.3 Å². The van der Waals surface area contributed by atoms with Crippen LogP contribution in [0.2, 0.25) is 0 Å². The minimum Gasteiger partial charge on any atom is -0.479 e. The molecule has 2 heterocycles. The number of para-hydroxylation sites is 1. The van der Waals surface area contributed by atoms with Gasteiger partial charge in [0.25, 0.3) is 11.5 Å². The Morgan fingerprint density at radius 1 is 1.28 bits per heavy atom. The van der Waals surface area contributed by atoms with Gasteiger partial charge in [-0.15, -0.1) is 0 Å². The second-order valence-corrected chi connectivity index (χ2v) is 6.67. The summed E-state index contributed by atoms with van der Waals surface area (Å²) in [6.45, 7) is 0. The van der Waals surface area contributed by atoms with Crippen LogP contribution >= 0.6 is 11.8 Å². The molecule has 2 N–H and O–H groups in total. The lowest BCUT2D eigenvalue weighted by molar-refractivity contribution is -0.143. The number of carbonyl (C=O) groups excluding carboxylic acids is 1. The molecule has 0 aliphatic carbocycles. The first kappa shape index (κ1) is 17.2. The molecule has 1 unspecified atom stereocenters. The van der Waals surface area contributed by atoms with Crippen molar-refractivity contribution in [1.82, 2.24) is 15.1 Å². The standard InChI is InChI=1S/C16H14FN3O4S/c17-10-3-1-2-4-12(10)20-13(21)6-5-11(19-20)14(22)18-16(15(23)24)7-8-25-9-16/h1-6H,7-9H2,(H,18,22)(H,23,24). The van der Waals surface area contributed by atoms with E-state index in [1.54, 1.807) is 0 Å². The van der Waals surface area contributed by atoms with E-state index >= 15 is 0 Å². The molecule has 1 saturated heterocycles. The molecule has 1 aliphatic heterocycles. The van der Waals surface area contributed by atoms with E-state index in [0.717, 1.165) is 10.7 Å². The third-order valence-corrected chi connectivity index (χ3v) is 5.09. The highest BCUT2D eigenvalue weighted by Crippen LogP contribution is 2.28. The van der Waals surface area contributed by atoms with E-state index in [4.69, 9.17) is 0 Å². The van der Waals surface area contributed by atoms with Crippen molar-refractivity contribution in [2.75, 3.05) is 11.5 Å². The first-order valence-corrected chi connectivity index (χ1v) is 8.57. The normalized spacial score (nSPS) is 19.6. The lowest BCUT2D eigenvalue weighted by Gasteiger charge is -2.24. The van der Waals surface area contributed by atoms with E-state index in [1.165, 1.54) is 42.1 Å². The lowest BCUT2D eigenvalue weighted by atomic mass is 9.99. The Hall–Kier alpha value is -2.68. The summed E-state index contributed by atoms with van der Waals surface area (Å²) in [6.07, 6.45) is 0.297. The maximum atomic E-state index is 13.9. The largest absolute Gasteiger partial charge is 0.479 e. The molecule has 9 heteroatoms. The van der Waals surface area contributed by atoms with Crippen LogP contribution < -0.4 is 10.9 Å². The van der Waals surface area contributed by atoms with Gasteiger partial charge in [0.05, 0.1) is 0 Å². The highest BCUT2D eigenvalue weighted by Gasteiger charge is 2.43. The van der Waals surface area contributed by atoms with Gasteiger partial charge in [0.15, 0.2) is 0 Å². The summed E-state index contributed by atoms with van der Waals surface area (Å²) in [5, 5.41) is 15.8. The third-order valence-electron chi connectivity index (χ3n) is 3.90. The van der Waals surface area contributed by atoms with Gasteiger partial charge in [0.2, 0.25) is 0 Å². The second kappa shape index (κ2) is 6.67. The van der Waals surface area contributed by atoms with Gasteiger partial charge >= 0.3 is 5.97 Å². The van der Waals surface area contributed by atoms with Crippen LogP contribution in [0.15, 0.2) is 41.2 Å². The summed E-state index contributed by atoms with van der Waals surface area (Å²) in [6, 6.07) is 7.81. The van der Waals surface area contributed by atoms with E-state index in [9.17, 15) is 23.9 Å². The molecule has 7 nitrogen and oxygen atoms in total. The molecular formula is C16H14FN3O4S. The maximum Gasteiger partial charge on any atom is 0.330 e. The monoisotopic (exact) mass is 363 g/mol. The van der Waals surface area contributed by atoms with Gasteiger partial charge in [-0.3, -0.25) is 9.59 Å². The summed E-state index contributed by atoms with van der Waals surface area (Å²) < 4.78 is 14.7. The Balaban J connectivity index is 1.95. The Bertz CT molecular complexity index is 893. The van der Waals surface area contributed by atoms with Gasteiger partial charge in [-0.1, -0.05) is 12.1 Å². The van der Waals surface area contributed by atoms with E-state index in [0.29, 0.717) is 12.2 Å². The fourth-order valence-corrected chi connectivity index (χ4v) is 3.82. The van der Waals surface area contributed by atoms with Crippen molar-refractivity contribution in [2.45, 2.75) is 12.0 Å². The molecule has 1 atom stereocenters. The fraction of sp³-hybridized carbons (Fsp3) is 0.250. The zero-order valence-corrected chi connectivity index (χ0v) is 13.8. The first-order chi connectivity index (χ1) is 11.9. The molecule has 1 fully saturated rings. The van der Waals surface area contributed by atoms with Gasteiger partial charge in [-0.2, -0.15) is 21.5 Å². The molecule has 1 aromatic carbocycles. The van der Waals surface area contributed by atoms with Crippen molar-refractivity contribution in [3.63, 3.8) is 0 Å². The zero-order chi connectivity index (χ0) is 18.0. The molecule has 0 bridgehead atoms. The summed E-state index contributed by atoms with van der Waals surface area (Å²) in [7, 11) is 0. The van der Waals surface area contributed by atoms with E-state index in [-0.39, 0.29) is 17.1 Å². The fourth-order valence-electron chi connectivity index (χ4n) is 2.50. The maximum absolute atomic E-state index is 13.9. The van der Waals surface area contributed by atoms with Crippen LogP contribution in [0.1, 0.15) is 16.9 Å². The van der Waals surface area contributed by atoms with Crippen LogP contribution in [-0.4, -0.2) is 43.8 Å². The number of thioether (sulfide) groups is 1. The van der Waals surface area contributed by atoms with Crippen LogP contribution in [0.25, 0.3) is 5.69 Å². The smallest absolute Gasteiger partial charge is 0.330 e. The number of nitrogens with one attached hydrogen (secondary N) is 1. The van der Waals surface area contributed by atoms with Crippen molar-refractivity contribution in [3.8, 4) is 5.69 Å². The quantitative estimate of drug-likeness (QED) is 0.842. The zero-order valence-electron chi connectivity index (χ0n) is 12.9. The molecule has 0 spiro atoms. The number of carbonyl (C=O) groups is 2. The average molecular weight is 363 g/mol. The van der Waals surface area contributed by atoms with Crippen LogP contribution in [0.3, 0.4) is 0 Å². The Kier molecular flexibility index (Phi) is 4.58. The molecule has 0 radical (unpaired) electrons. The van der Waals surface area contributed by atoms with Gasteiger partial charge in [-0.05, 0) is 30.4 Å². The number of aromatic nitrogens is 2. The Labute approximate surface area is 145 Å². The van der Waals surface area contributed by atoms with Crippen molar-refractivity contribution >= 4 is 23.6 Å². The van der Waals surface area contributed by atoms with Crippen molar-refractivity contribution in [1.29, 1.82) is 0 Å². The van der Waals surface area contributed by atoms with Gasteiger partial charge in [0, 0.05) is 11.8 Å². The molecule has 0 saturated carbocycles. The number of aliphatic carboxylic acids is 1. The number of amides is 1. The number of rotatable bonds is 4.